The lowest BCUT2D eigenvalue weighted by Gasteiger charge is -2.07. The number of hydrogen-bond donors (Lipinski definition) is 3. The molecular formula is C18H19FN4O2. The summed E-state index contributed by atoms with van der Waals surface area (Å²) < 4.78 is 17.5. The van der Waals surface area contributed by atoms with Crippen LogP contribution >= 0.6 is 0 Å². The average Bonchev–Trinajstić information content (AvgIpc) is 3.03. The van der Waals surface area contributed by atoms with Crippen LogP contribution < -0.4 is 15.4 Å². The minimum Gasteiger partial charge on any atom is -0.491 e. The largest absolute Gasteiger partial charge is 0.491 e. The van der Waals surface area contributed by atoms with Gasteiger partial charge in [-0.05, 0) is 30.2 Å². The maximum atomic E-state index is 12.2. The normalized spacial score (nSPS) is 10.6. The summed E-state index contributed by atoms with van der Waals surface area (Å²) >= 11 is 0. The lowest BCUT2D eigenvalue weighted by Crippen LogP contribution is -2.30. The van der Waals surface area contributed by atoms with E-state index in [-0.39, 0.29) is 12.6 Å². The predicted octanol–water partition coefficient (Wildman–Crippen LogP) is 3.28. The Morgan fingerprint density at radius 3 is 2.84 bits per heavy atom. The molecule has 7 heteroatoms. The molecule has 0 aliphatic rings. The second-order valence-electron chi connectivity index (χ2n) is 5.43. The topological polar surface area (TPSA) is 79.0 Å². The van der Waals surface area contributed by atoms with Gasteiger partial charge in [-0.15, -0.1) is 0 Å². The molecule has 2 amide bonds. The zero-order valence-corrected chi connectivity index (χ0v) is 13.6. The SMILES string of the molecule is O=C(NCCc1ccccc1)Nc1n[nH]c2ccc(OCCF)cc12. The number of carbonyl (C=O) groups is 1. The molecule has 0 spiro atoms. The summed E-state index contributed by atoms with van der Waals surface area (Å²) in [6.45, 7) is -0.0481. The number of fused-ring (bicyclic) bond motifs is 1. The van der Waals surface area contributed by atoms with Gasteiger partial charge in [0, 0.05) is 11.9 Å². The molecule has 130 valence electrons. The molecule has 3 N–H and O–H groups in total. The molecule has 1 aromatic heterocycles. The number of hydrogen-bond acceptors (Lipinski definition) is 3. The first-order valence-electron chi connectivity index (χ1n) is 8.02. The highest BCUT2D eigenvalue weighted by Crippen LogP contribution is 2.25. The number of aromatic amines is 1. The molecule has 25 heavy (non-hydrogen) atoms. The Bertz CT molecular complexity index is 835. The van der Waals surface area contributed by atoms with Gasteiger partial charge in [-0.2, -0.15) is 5.10 Å². The minimum atomic E-state index is -0.557. The third kappa shape index (κ3) is 4.47. The van der Waals surface area contributed by atoms with Crippen molar-refractivity contribution < 1.29 is 13.9 Å². The highest BCUT2D eigenvalue weighted by Gasteiger charge is 2.10. The number of benzene rings is 2. The molecule has 6 nitrogen and oxygen atoms in total. The van der Waals surface area contributed by atoms with E-state index in [1.165, 1.54) is 0 Å². The Morgan fingerprint density at radius 2 is 2.04 bits per heavy atom. The molecule has 0 radical (unpaired) electrons. The van der Waals surface area contributed by atoms with E-state index in [9.17, 15) is 9.18 Å². The van der Waals surface area contributed by atoms with Crippen molar-refractivity contribution in [2.24, 2.45) is 0 Å². The number of ether oxygens (including phenoxy) is 1. The number of H-pyrrole nitrogens is 1. The van der Waals surface area contributed by atoms with Crippen molar-refractivity contribution in [3.8, 4) is 5.75 Å². The van der Waals surface area contributed by atoms with E-state index in [4.69, 9.17) is 4.74 Å². The number of carbonyl (C=O) groups excluding carboxylic acids is 1. The fourth-order valence-corrected chi connectivity index (χ4v) is 2.45. The minimum absolute atomic E-state index is 0.00785. The van der Waals surface area contributed by atoms with Crippen LogP contribution in [0.3, 0.4) is 0 Å². The zero-order valence-electron chi connectivity index (χ0n) is 13.6. The molecule has 1 heterocycles. The Kier molecular flexibility index (Phi) is 5.46. The third-order valence-electron chi connectivity index (χ3n) is 3.65. The maximum Gasteiger partial charge on any atom is 0.320 e. The molecule has 0 unspecified atom stereocenters. The Balaban J connectivity index is 1.58. The second-order valence-corrected chi connectivity index (χ2v) is 5.43. The molecule has 0 bridgehead atoms. The van der Waals surface area contributed by atoms with E-state index in [1.807, 2.05) is 30.3 Å². The Labute approximate surface area is 144 Å². The number of amides is 2. The van der Waals surface area contributed by atoms with E-state index in [1.54, 1.807) is 18.2 Å². The van der Waals surface area contributed by atoms with Crippen LogP contribution in [0, 0.1) is 0 Å². The second kappa shape index (κ2) is 8.14. The van der Waals surface area contributed by atoms with Crippen LogP contribution in [-0.4, -0.2) is 36.1 Å². The fourth-order valence-electron chi connectivity index (χ4n) is 2.45. The van der Waals surface area contributed by atoms with Crippen LogP contribution in [-0.2, 0) is 6.42 Å². The number of urea groups is 1. The van der Waals surface area contributed by atoms with Crippen molar-refractivity contribution in [2.75, 3.05) is 25.1 Å². The lowest BCUT2D eigenvalue weighted by atomic mass is 10.1. The number of nitrogens with zero attached hydrogens (tertiary/aromatic N) is 1. The zero-order chi connectivity index (χ0) is 17.5. The third-order valence-corrected chi connectivity index (χ3v) is 3.65. The lowest BCUT2D eigenvalue weighted by molar-refractivity contribution is 0.252. The predicted molar refractivity (Wildman–Crippen MR) is 94.7 cm³/mol. The van der Waals surface area contributed by atoms with Gasteiger partial charge < -0.3 is 10.1 Å². The first kappa shape index (κ1) is 16.8. The van der Waals surface area contributed by atoms with Gasteiger partial charge >= 0.3 is 6.03 Å². The Morgan fingerprint density at radius 1 is 1.20 bits per heavy atom. The number of alkyl halides is 1. The highest BCUT2D eigenvalue weighted by atomic mass is 19.1. The van der Waals surface area contributed by atoms with Crippen LogP contribution in [0.5, 0.6) is 5.75 Å². The summed E-state index contributed by atoms with van der Waals surface area (Å²) in [5, 5.41) is 13.1. The van der Waals surface area contributed by atoms with E-state index in [2.05, 4.69) is 20.8 Å². The van der Waals surface area contributed by atoms with Crippen molar-refractivity contribution in [3.63, 3.8) is 0 Å². The molecule has 0 saturated heterocycles. The van der Waals surface area contributed by atoms with E-state index < -0.39 is 6.67 Å². The van der Waals surface area contributed by atoms with Gasteiger partial charge in [0.1, 0.15) is 19.0 Å². The van der Waals surface area contributed by atoms with Crippen LogP contribution in [0.15, 0.2) is 48.5 Å². The summed E-state index contributed by atoms with van der Waals surface area (Å²) in [5.74, 6) is 0.928. The van der Waals surface area contributed by atoms with Gasteiger partial charge in [0.25, 0.3) is 0 Å². The quantitative estimate of drug-likeness (QED) is 0.616. The maximum absolute atomic E-state index is 12.2. The van der Waals surface area contributed by atoms with Crippen molar-refractivity contribution in [1.82, 2.24) is 15.5 Å². The molecule has 3 rings (SSSR count). The van der Waals surface area contributed by atoms with Crippen LogP contribution in [0.1, 0.15) is 5.56 Å². The summed E-state index contributed by atoms with van der Waals surface area (Å²) in [4.78, 5) is 12.0. The van der Waals surface area contributed by atoms with Crippen LogP contribution in [0.25, 0.3) is 10.9 Å². The van der Waals surface area contributed by atoms with Crippen molar-refractivity contribution in [2.45, 2.75) is 6.42 Å². The first-order chi connectivity index (χ1) is 12.3. The summed E-state index contributed by atoms with van der Waals surface area (Å²) in [6.07, 6.45) is 0.747. The number of halogens is 1. The average molecular weight is 342 g/mol. The fraction of sp³-hybridized carbons (Fsp3) is 0.222. The smallest absolute Gasteiger partial charge is 0.320 e. The van der Waals surface area contributed by atoms with Crippen LogP contribution in [0.2, 0.25) is 0 Å². The molecule has 0 aliphatic heterocycles. The monoisotopic (exact) mass is 342 g/mol. The van der Waals surface area contributed by atoms with Crippen LogP contribution in [0.4, 0.5) is 15.0 Å². The number of aromatic nitrogens is 2. The van der Waals surface area contributed by atoms with Crippen molar-refractivity contribution in [3.05, 3.63) is 54.1 Å². The molecule has 3 aromatic rings. The first-order valence-corrected chi connectivity index (χ1v) is 8.02. The standard InChI is InChI=1S/C18H19FN4O2/c19-9-11-25-14-6-7-16-15(12-14)17(23-22-16)21-18(24)20-10-8-13-4-2-1-3-5-13/h1-7,12H,8-11H2,(H3,20,21,22,23,24). The molecule has 0 fully saturated rings. The molecule has 0 atom stereocenters. The van der Waals surface area contributed by atoms with Crippen molar-refractivity contribution in [1.29, 1.82) is 0 Å². The molecule has 0 saturated carbocycles. The van der Waals surface area contributed by atoms with E-state index >= 15 is 0 Å². The van der Waals surface area contributed by atoms with E-state index in [0.29, 0.717) is 23.5 Å². The van der Waals surface area contributed by atoms with Gasteiger partial charge in [0.15, 0.2) is 5.82 Å². The number of anilines is 1. The van der Waals surface area contributed by atoms with Gasteiger partial charge in [-0.1, -0.05) is 30.3 Å². The van der Waals surface area contributed by atoms with Gasteiger partial charge in [0.2, 0.25) is 0 Å². The van der Waals surface area contributed by atoms with E-state index in [0.717, 1.165) is 17.5 Å². The van der Waals surface area contributed by atoms with Gasteiger partial charge in [-0.3, -0.25) is 10.4 Å². The molecule has 2 aromatic carbocycles. The number of rotatable bonds is 7. The Hall–Kier alpha value is -3.09. The molecule has 0 aliphatic carbocycles. The number of nitrogens with one attached hydrogen (secondary N) is 3. The van der Waals surface area contributed by atoms with Gasteiger partial charge in [0.05, 0.1) is 5.52 Å². The molecular weight excluding hydrogens is 323 g/mol. The highest BCUT2D eigenvalue weighted by molar-refractivity contribution is 5.99. The van der Waals surface area contributed by atoms with Crippen molar-refractivity contribution >= 4 is 22.8 Å². The summed E-state index contributed by atoms with van der Waals surface area (Å²) in [7, 11) is 0. The van der Waals surface area contributed by atoms with Gasteiger partial charge in [-0.25, -0.2) is 9.18 Å². The summed E-state index contributed by atoms with van der Waals surface area (Å²) in [5.41, 5.74) is 1.91. The summed E-state index contributed by atoms with van der Waals surface area (Å²) in [6, 6.07) is 14.8.